The summed E-state index contributed by atoms with van der Waals surface area (Å²) in [6, 6.07) is 1.41. The third kappa shape index (κ3) is 3.01. The van der Waals surface area contributed by atoms with Gasteiger partial charge in [0, 0.05) is 43.8 Å². The minimum Gasteiger partial charge on any atom is -0.339 e. The smallest absolute Gasteiger partial charge is 0.266 e. The SMILES string of the molecule is O=C(c1c[nH]c(=O)c(Cl)c1)N1CCC(c2cnccn2)CC1. The van der Waals surface area contributed by atoms with E-state index < -0.39 is 0 Å². The molecule has 1 aliphatic rings. The Morgan fingerprint density at radius 1 is 1.32 bits per heavy atom. The van der Waals surface area contributed by atoms with E-state index in [1.165, 1.54) is 12.3 Å². The number of pyridine rings is 1. The third-order valence-electron chi connectivity index (χ3n) is 3.89. The molecule has 0 radical (unpaired) electrons. The minimum absolute atomic E-state index is 0.0281. The molecule has 0 atom stereocenters. The van der Waals surface area contributed by atoms with Gasteiger partial charge in [-0.1, -0.05) is 11.6 Å². The lowest BCUT2D eigenvalue weighted by molar-refractivity contribution is 0.0711. The molecule has 0 saturated carbocycles. The number of piperidine rings is 1. The summed E-state index contributed by atoms with van der Waals surface area (Å²) < 4.78 is 0. The third-order valence-corrected chi connectivity index (χ3v) is 4.17. The van der Waals surface area contributed by atoms with Gasteiger partial charge in [0.15, 0.2) is 0 Å². The number of hydrogen-bond donors (Lipinski definition) is 1. The Labute approximate surface area is 132 Å². The molecule has 1 saturated heterocycles. The van der Waals surface area contributed by atoms with Crippen molar-refractivity contribution in [3.05, 3.63) is 57.5 Å². The van der Waals surface area contributed by atoms with E-state index in [4.69, 9.17) is 11.6 Å². The number of carbonyl (C=O) groups excluding carboxylic acids is 1. The van der Waals surface area contributed by atoms with Gasteiger partial charge in [0.1, 0.15) is 5.02 Å². The number of nitrogens with one attached hydrogen (secondary N) is 1. The summed E-state index contributed by atoms with van der Waals surface area (Å²) in [6.07, 6.45) is 8.23. The van der Waals surface area contributed by atoms with E-state index in [1.807, 2.05) is 0 Å². The van der Waals surface area contributed by atoms with Gasteiger partial charge in [-0.05, 0) is 18.9 Å². The van der Waals surface area contributed by atoms with Gasteiger partial charge >= 0.3 is 0 Å². The number of nitrogens with zero attached hydrogens (tertiary/aromatic N) is 3. The monoisotopic (exact) mass is 318 g/mol. The highest BCUT2D eigenvalue weighted by molar-refractivity contribution is 6.30. The van der Waals surface area contributed by atoms with Crippen LogP contribution in [-0.4, -0.2) is 38.8 Å². The molecule has 6 nitrogen and oxygen atoms in total. The van der Waals surface area contributed by atoms with E-state index >= 15 is 0 Å². The zero-order valence-corrected chi connectivity index (χ0v) is 12.6. The van der Waals surface area contributed by atoms with Crippen LogP contribution in [0, 0.1) is 0 Å². The van der Waals surface area contributed by atoms with Crippen LogP contribution in [0.1, 0.15) is 34.8 Å². The number of hydrogen-bond acceptors (Lipinski definition) is 4. The number of H-pyrrole nitrogens is 1. The predicted molar refractivity (Wildman–Crippen MR) is 82.0 cm³/mol. The molecule has 0 spiro atoms. The number of amides is 1. The van der Waals surface area contributed by atoms with E-state index in [-0.39, 0.29) is 16.5 Å². The Kier molecular flexibility index (Phi) is 4.20. The lowest BCUT2D eigenvalue weighted by Crippen LogP contribution is -2.38. The summed E-state index contributed by atoms with van der Waals surface area (Å²) in [7, 11) is 0. The normalized spacial score (nSPS) is 15.8. The molecular formula is C15H15ClN4O2. The largest absolute Gasteiger partial charge is 0.339 e. The summed E-state index contributed by atoms with van der Waals surface area (Å²) >= 11 is 5.77. The van der Waals surface area contributed by atoms with Gasteiger partial charge in [-0.3, -0.25) is 19.6 Å². The van der Waals surface area contributed by atoms with Crippen molar-refractivity contribution in [2.75, 3.05) is 13.1 Å². The van der Waals surface area contributed by atoms with Gasteiger partial charge in [-0.15, -0.1) is 0 Å². The number of rotatable bonds is 2. The van der Waals surface area contributed by atoms with Gasteiger partial charge in [-0.25, -0.2) is 0 Å². The number of carbonyl (C=O) groups is 1. The van der Waals surface area contributed by atoms with Crippen LogP contribution in [-0.2, 0) is 0 Å². The zero-order chi connectivity index (χ0) is 15.5. The van der Waals surface area contributed by atoms with E-state index in [2.05, 4.69) is 15.0 Å². The quantitative estimate of drug-likeness (QED) is 0.916. The molecule has 3 rings (SSSR count). The standard InChI is InChI=1S/C15H15ClN4O2/c16-12-7-11(8-19-14(12)21)15(22)20-5-1-10(2-6-20)13-9-17-3-4-18-13/h3-4,7-10H,1-2,5-6H2,(H,19,21). The van der Waals surface area contributed by atoms with Crippen LogP contribution in [0.3, 0.4) is 0 Å². The molecule has 1 amide bonds. The van der Waals surface area contributed by atoms with E-state index in [9.17, 15) is 9.59 Å². The maximum Gasteiger partial charge on any atom is 0.266 e. The van der Waals surface area contributed by atoms with Crippen molar-refractivity contribution in [1.29, 1.82) is 0 Å². The Morgan fingerprint density at radius 3 is 2.73 bits per heavy atom. The van der Waals surface area contributed by atoms with Crippen LogP contribution in [0.25, 0.3) is 0 Å². The van der Waals surface area contributed by atoms with Crippen LogP contribution >= 0.6 is 11.6 Å². The van der Waals surface area contributed by atoms with Crippen molar-refractivity contribution in [1.82, 2.24) is 19.9 Å². The van der Waals surface area contributed by atoms with Gasteiger partial charge in [-0.2, -0.15) is 0 Å². The van der Waals surface area contributed by atoms with Crippen molar-refractivity contribution in [3.8, 4) is 0 Å². The van der Waals surface area contributed by atoms with Crippen LogP contribution in [0.5, 0.6) is 0 Å². The summed E-state index contributed by atoms with van der Waals surface area (Å²) in [5, 5.41) is 0.0281. The van der Waals surface area contributed by atoms with Crippen molar-refractivity contribution >= 4 is 17.5 Å². The van der Waals surface area contributed by atoms with Crippen LogP contribution < -0.4 is 5.56 Å². The number of aromatic amines is 1. The minimum atomic E-state index is -0.389. The van der Waals surface area contributed by atoms with Crippen molar-refractivity contribution in [2.24, 2.45) is 0 Å². The predicted octanol–water partition coefficient (Wildman–Crippen LogP) is 1.84. The number of likely N-dealkylation sites (tertiary alicyclic amines) is 1. The summed E-state index contributed by atoms with van der Waals surface area (Å²) in [4.78, 5) is 36.3. The van der Waals surface area contributed by atoms with E-state index in [0.717, 1.165) is 18.5 Å². The van der Waals surface area contributed by atoms with Crippen LogP contribution in [0.4, 0.5) is 0 Å². The lowest BCUT2D eigenvalue weighted by atomic mass is 9.93. The molecule has 22 heavy (non-hydrogen) atoms. The molecule has 1 fully saturated rings. The molecule has 0 bridgehead atoms. The van der Waals surface area contributed by atoms with Crippen molar-refractivity contribution in [2.45, 2.75) is 18.8 Å². The second-order valence-corrected chi connectivity index (χ2v) is 5.67. The molecule has 0 aromatic carbocycles. The second-order valence-electron chi connectivity index (χ2n) is 5.26. The Balaban J connectivity index is 1.67. The Bertz CT molecular complexity index is 724. The summed E-state index contributed by atoms with van der Waals surface area (Å²) in [6.45, 7) is 1.30. The fourth-order valence-electron chi connectivity index (χ4n) is 2.66. The van der Waals surface area contributed by atoms with Gasteiger partial charge < -0.3 is 9.88 Å². The maximum atomic E-state index is 12.4. The Morgan fingerprint density at radius 2 is 2.09 bits per heavy atom. The molecule has 3 heterocycles. The molecule has 7 heteroatoms. The molecule has 2 aromatic heterocycles. The molecule has 0 aliphatic carbocycles. The fourth-order valence-corrected chi connectivity index (χ4v) is 2.83. The first kappa shape index (κ1) is 14.7. The molecule has 1 aliphatic heterocycles. The summed E-state index contributed by atoms with van der Waals surface area (Å²) in [5.74, 6) is 0.215. The van der Waals surface area contributed by atoms with Crippen molar-refractivity contribution < 1.29 is 4.79 Å². The highest BCUT2D eigenvalue weighted by Gasteiger charge is 2.25. The highest BCUT2D eigenvalue weighted by atomic mass is 35.5. The van der Waals surface area contributed by atoms with Crippen molar-refractivity contribution in [3.63, 3.8) is 0 Å². The topological polar surface area (TPSA) is 79.0 Å². The number of aromatic nitrogens is 3. The molecule has 0 unspecified atom stereocenters. The lowest BCUT2D eigenvalue weighted by Gasteiger charge is -2.31. The van der Waals surface area contributed by atoms with Crippen LogP contribution in [0.15, 0.2) is 35.6 Å². The Hall–Kier alpha value is -2.21. The maximum absolute atomic E-state index is 12.4. The molecule has 114 valence electrons. The average molecular weight is 319 g/mol. The molecular weight excluding hydrogens is 304 g/mol. The number of halogens is 1. The van der Waals surface area contributed by atoms with Gasteiger partial charge in [0.05, 0.1) is 11.3 Å². The van der Waals surface area contributed by atoms with Gasteiger partial charge in [0.2, 0.25) is 0 Å². The molecule has 1 N–H and O–H groups in total. The van der Waals surface area contributed by atoms with E-state index in [0.29, 0.717) is 24.6 Å². The fraction of sp³-hybridized carbons (Fsp3) is 0.333. The first-order chi connectivity index (χ1) is 10.6. The summed E-state index contributed by atoms with van der Waals surface area (Å²) in [5.41, 5.74) is 0.990. The first-order valence-corrected chi connectivity index (χ1v) is 7.46. The zero-order valence-electron chi connectivity index (χ0n) is 11.8. The first-order valence-electron chi connectivity index (χ1n) is 7.08. The molecule has 2 aromatic rings. The van der Waals surface area contributed by atoms with Gasteiger partial charge in [0.25, 0.3) is 11.5 Å². The van der Waals surface area contributed by atoms with E-state index in [1.54, 1.807) is 23.5 Å². The van der Waals surface area contributed by atoms with Crippen LogP contribution in [0.2, 0.25) is 5.02 Å². The highest BCUT2D eigenvalue weighted by Crippen LogP contribution is 2.26. The second kappa shape index (κ2) is 6.27. The average Bonchev–Trinajstić information content (AvgIpc) is 2.58.